The lowest BCUT2D eigenvalue weighted by Crippen LogP contribution is -2.32. The molecular weight excluding hydrogens is 478 g/mol. The van der Waals surface area contributed by atoms with E-state index in [4.69, 9.17) is 9.47 Å². The molecule has 0 aliphatic carbocycles. The zero-order valence-electron chi connectivity index (χ0n) is 22.7. The summed E-state index contributed by atoms with van der Waals surface area (Å²) in [4.78, 5) is 27.7. The average molecular weight is 514 g/mol. The van der Waals surface area contributed by atoms with Crippen molar-refractivity contribution in [1.82, 2.24) is 4.90 Å². The fraction of sp³-hybridized carbons (Fsp3) is 0.312. The van der Waals surface area contributed by atoms with Crippen molar-refractivity contribution in [2.45, 2.75) is 45.8 Å². The Hall–Kier alpha value is -3.90. The van der Waals surface area contributed by atoms with E-state index in [2.05, 4.69) is 26.8 Å². The highest BCUT2D eigenvalue weighted by Crippen LogP contribution is 2.40. The summed E-state index contributed by atoms with van der Waals surface area (Å²) in [6.45, 7) is 9.34. The molecule has 0 aromatic heterocycles. The Morgan fingerprint density at radius 3 is 2.26 bits per heavy atom. The van der Waals surface area contributed by atoms with Crippen LogP contribution in [-0.2, 0) is 26.3 Å². The van der Waals surface area contributed by atoms with Crippen LogP contribution in [-0.4, -0.2) is 42.0 Å². The van der Waals surface area contributed by atoms with E-state index < -0.39 is 17.7 Å². The predicted molar refractivity (Wildman–Crippen MR) is 148 cm³/mol. The molecule has 1 heterocycles. The Labute approximate surface area is 224 Å². The summed E-state index contributed by atoms with van der Waals surface area (Å²) in [5, 5.41) is 11.3. The molecule has 1 aliphatic rings. The number of benzene rings is 3. The number of aliphatic hydroxyl groups is 1. The van der Waals surface area contributed by atoms with Gasteiger partial charge in [0.1, 0.15) is 18.1 Å². The lowest BCUT2D eigenvalue weighted by atomic mass is 9.85. The van der Waals surface area contributed by atoms with E-state index in [-0.39, 0.29) is 29.9 Å². The number of nitrogens with zero attached hydrogens (tertiary/aromatic N) is 1. The van der Waals surface area contributed by atoms with E-state index in [1.807, 2.05) is 49.4 Å². The third kappa shape index (κ3) is 5.81. The van der Waals surface area contributed by atoms with E-state index in [1.54, 1.807) is 31.4 Å². The normalized spacial score (nSPS) is 17.2. The van der Waals surface area contributed by atoms with Crippen molar-refractivity contribution in [1.29, 1.82) is 0 Å². The molecule has 0 saturated carbocycles. The number of ketones is 1. The fourth-order valence-electron chi connectivity index (χ4n) is 4.65. The molecule has 6 heteroatoms. The number of rotatable bonds is 8. The highest BCUT2D eigenvalue weighted by Gasteiger charge is 2.45. The van der Waals surface area contributed by atoms with Gasteiger partial charge in [0.25, 0.3) is 11.7 Å². The van der Waals surface area contributed by atoms with Crippen LogP contribution in [0.1, 0.15) is 54.6 Å². The van der Waals surface area contributed by atoms with Gasteiger partial charge in [0.05, 0.1) is 18.2 Å². The summed E-state index contributed by atoms with van der Waals surface area (Å²) in [5.41, 5.74) is 4.59. The smallest absolute Gasteiger partial charge is 0.295 e. The summed E-state index contributed by atoms with van der Waals surface area (Å²) in [6, 6.07) is 22.1. The molecule has 3 aromatic rings. The topological polar surface area (TPSA) is 76.1 Å². The van der Waals surface area contributed by atoms with Crippen LogP contribution < -0.4 is 4.74 Å². The standard InChI is InChI=1S/C32H35NO5/c1-21-7-6-8-22(19-21)20-38-26-15-11-24(12-16-26)29(34)27-28(33(17-18-37-5)31(36)30(27)35)23-9-13-25(14-10-23)32(2,3)4/h6-16,19,28,34H,17-18,20H2,1-5H3. The third-order valence-electron chi connectivity index (χ3n) is 6.78. The van der Waals surface area contributed by atoms with Gasteiger partial charge in [-0.2, -0.15) is 0 Å². The molecule has 6 nitrogen and oxygen atoms in total. The van der Waals surface area contributed by atoms with Crippen molar-refractivity contribution in [2.75, 3.05) is 20.3 Å². The molecule has 0 spiro atoms. The van der Waals surface area contributed by atoms with Gasteiger partial charge in [-0.05, 0) is 53.3 Å². The predicted octanol–water partition coefficient (Wildman–Crippen LogP) is 5.94. The van der Waals surface area contributed by atoms with Crippen LogP contribution in [0.25, 0.3) is 5.76 Å². The Morgan fingerprint density at radius 2 is 1.66 bits per heavy atom. The minimum absolute atomic E-state index is 0.0421. The quantitative estimate of drug-likeness (QED) is 0.229. The second-order valence-electron chi connectivity index (χ2n) is 10.7. The van der Waals surface area contributed by atoms with Gasteiger partial charge in [-0.1, -0.05) is 74.9 Å². The second kappa shape index (κ2) is 11.2. The molecule has 0 radical (unpaired) electrons. The maximum Gasteiger partial charge on any atom is 0.295 e. The molecule has 38 heavy (non-hydrogen) atoms. The Balaban J connectivity index is 1.65. The maximum atomic E-state index is 13.2. The Morgan fingerprint density at radius 1 is 0.974 bits per heavy atom. The number of Topliss-reactive ketones (excluding diaryl/α,β-unsaturated/α-hetero) is 1. The number of ether oxygens (including phenoxy) is 2. The van der Waals surface area contributed by atoms with Crippen LogP contribution in [0.4, 0.5) is 0 Å². The molecule has 4 rings (SSSR count). The summed E-state index contributed by atoms with van der Waals surface area (Å²) in [7, 11) is 1.55. The van der Waals surface area contributed by atoms with Crippen LogP contribution in [0.15, 0.2) is 78.4 Å². The van der Waals surface area contributed by atoms with Gasteiger partial charge in [0.15, 0.2) is 0 Å². The first-order valence-electron chi connectivity index (χ1n) is 12.8. The van der Waals surface area contributed by atoms with E-state index >= 15 is 0 Å². The molecule has 1 N–H and O–H groups in total. The summed E-state index contributed by atoms with van der Waals surface area (Å²) in [6.07, 6.45) is 0. The van der Waals surface area contributed by atoms with Crippen molar-refractivity contribution in [3.63, 3.8) is 0 Å². The molecule has 1 saturated heterocycles. The Bertz CT molecular complexity index is 1330. The minimum atomic E-state index is -0.712. The van der Waals surface area contributed by atoms with Gasteiger partial charge < -0.3 is 19.5 Å². The third-order valence-corrected chi connectivity index (χ3v) is 6.78. The van der Waals surface area contributed by atoms with E-state index in [0.717, 1.165) is 22.3 Å². The van der Waals surface area contributed by atoms with Gasteiger partial charge in [-0.3, -0.25) is 9.59 Å². The molecule has 0 bridgehead atoms. The first-order chi connectivity index (χ1) is 18.1. The number of hydrogen-bond donors (Lipinski definition) is 1. The lowest BCUT2D eigenvalue weighted by Gasteiger charge is -2.26. The average Bonchev–Trinajstić information content (AvgIpc) is 3.15. The molecule has 1 aliphatic heterocycles. The van der Waals surface area contributed by atoms with Crippen molar-refractivity contribution in [3.8, 4) is 5.75 Å². The molecule has 1 fully saturated rings. The number of carbonyl (C=O) groups excluding carboxylic acids is 2. The number of amides is 1. The van der Waals surface area contributed by atoms with Crippen LogP contribution in [0.3, 0.4) is 0 Å². The van der Waals surface area contributed by atoms with E-state index in [0.29, 0.717) is 17.9 Å². The number of hydrogen-bond acceptors (Lipinski definition) is 5. The molecular formula is C32H35NO5. The number of aliphatic hydroxyl groups excluding tert-OH is 1. The zero-order valence-corrected chi connectivity index (χ0v) is 22.7. The molecule has 3 aromatic carbocycles. The monoisotopic (exact) mass is 513 g/mol. The maximum absolute atomic E-state index is 13.2. The van der Waals surface area contributed by atoms with Crippen LogP contribution in [0.5, 0.6) is 5.75 Å². The van der Waals surface area contributed by atoms with Gasteiger partial charge in [0, 0.05) is 19.2 Å². The molecule has 1 atom stereocenters. The van der Waals surface area contributed by atoms with Gasteiger partial charge in [0.2, 0.25) is 0 Å². The van der Waals surface area contributed by atoms with Crippen LogP contribution in [0.2, 0.25) is 0 Å². The zero-order chi connectivity index (χ0) is 27.4. The van der Waals surface area contributed by atoms with Gasteiger partial charge >= 0.3 is 0 Å². The highest BCUT2D eigenvalue weighted by atomic mass is 16.5. The SMILES string of the molecule is COCCN1C(=O)C(=O)C(=C(O)c2ccc(OCc3cccc(C)c3)cc2)C1c1ccc(C(C)(C)C)cc1. The summed E-state index contributed by atoms with van der Waals surface area (Å²) >= 11 is 0. The Kier molecular flexibility index (Phi) is 8.02. The second-order valence-corrected chi connectivity index (χ2v) is 10.7. The number of aryl methyl sites for hydroxylation is 1. The van der Waals surface area contributed by atoms with Crippen molar-refractivity contribution in [3.05, 3.63) is 106 Å². The summed E-state index contributed by atoms with van der Waals surface area (Å²) < 4.78 is 11.1. The van der Waals surface area contributed by atoms with E-state index in [1.165, 1.54) is 4.90 Å². The fourth-order valence-corrected chi connectivity index (χ4v) is 4.65. The number of methoxy groups -OCH3 is 1. The molecule has 1 amide bonds. The highest BCUT2D eigenvalue weighted by molar-refractivity contribution is 6.46. The minimum Gasteiger partial charge on any atom is -0.507 e. The first-order valence-corrected chi connectivity index (χ1v) is 12.8. The van der Waals surface area contributed by atoms with Gasteiger partial charge in [-0.25, -0.2) is 0 Å². The van der Waals surface area contributed by atoms with E-state index in [9.17, 15) is 14.7 Å². The van der Waals surface area contributed by atoms with Crippen LogP contribution in [0, 0.1) is 6.92 Å². The largest absolute Gasteiger partial charge is 0.507 e. The number of likely N-dealkylation sites (tertiary alicyclic amines) is 1. The van der Waals surface area contributed by atoms with Crippen molar-refractivity contribution in [2.24, 2.45) is 0 Å². The van der Waals surface area contributed by atoms with Crippen molar-refractivity contribution >= 4 is 17.4 Å². The van der Waals surface area contributed by atoms with Gasteiger partial charge in [-0.15, -0.1) is 0 Å². The molecule has 1 unspecified atom stereocenters. The summed E-state index contributed by atoms with van der Waals surface area (Å²) in [5.74, 6) is -0.925. The lowest BCUT2D eigenvalue weighted by molar-refractivity contribution is -0.140. The number of carbonyl (C=O) groups is 2. The first kappa shape index (κ1) is 27.1. The molecule has 198 valence electrons. The van der Waals surface area contributed by atoms with Crippen LogP contribution >= 0.6 is 0 Å². The van der Waals surface area contributed by atoms with Crippen molar-refractivity contribution < 1.29 is 24.2 Å².